The van der Waals surface area contributed by atoms with Gasteiger partial charge in [-0.25, -0.2) is 9.40 Å². The molecule has 0 bridgehead atoms. The highest BCUT2D eigenvalue weighted by Gasteiger charge is 2.51. The fourth-order valence-corrected chi connectivity index (χ4v) is 4.39. The monoisotopic (exact) mass is 351 g/mol. The summed E-state index contributed by atoms with van der Waals surface area (Å²) in [5.74, 6) is 0.737. The lowest BCUT2D eigenvalue weighted by Crippen LogP contribution is -2.58. The van der Waals surface area contributed by atoms with Gasteiger partial charge in [0.05, 0.1) is 11.8 Å². The van der Waals surface area contributed by atoms with Crippen molar-refractivity contribution in [2.75, 3.05) is 20.1 Å². The highest BCUT2D eigenvalue weighted by Crippen LogP contribution is 2.49. The standard InChI is InChI=1S/C21H22FN3O/c1-24-12-10-21(11-13-24)25-19(16-7-3-5-9-20(16)26-21)14-18(23-25)15-6-2-4-8-17(15)22/h2-9,19H,10-14H2,1H3/t19-/m0/s1. The summed E-state index contributed by atoms with van der Waals surface area (Å²) in [6.07, 6.45) is 2.49. The van der Waals surface area contributed by atoms with Crippen LogP contribution in [0.5, 0.6) is 5.75 Å². The largest absolute Gasteiger partial charge is 0.466 e. The van der Waals surface area contributed by atoms with Gasteiger partial charge in [0.25, 0.3) is 0 Å². The molecule has 26 heavy (non-hydrogen) atoms. The second-order valence-electron chi connectivity index (χ2n) is 7.48. The van der Waals surface area contributed by atoms with Gasteiger partial charge >= 0.3 is 0 Å². The Bertz CT molecular complexity index is 873. The normalized spacial score (nSPS) is 24.0. The zero-order valence-corrected chi connectivity index (χ0v) is 14.9. The van der Waals surface area contributed by atoms with Gasteiger partial charge in [-0.2, -0.15) is 5.10 Å². The topological polar surface area (TPSA) is 28.1 Å². The molecule has 5 heteroatoms. The lowest BCUT2D eigenvalue weighted by atomic mass is 9.91. The van der Waals surface area contributed by atoms with Crippen LogP contribution in [0.15, 0.2) is 53.6 Å². The zero-order chi connectivity index (χ0) is 17.7. The van der Waals surface area contributed by atoms with Crippen molar-refractivity contribution in [2.45, 2.75) is 31.0 Å². The molecule has 5 rings (SSSR count). The highest BCUT2D eigenvalue weighted by molar-refractivity contribution is 6.02. The Morgan fingerprint density at radius 1 is 1.08 bits per heavy atom. The van der Waals surface area contributed by atoms with E-state index in [0.29, 0.717) is 12.0 Å². The third kappa shape index (κ3) is 2.34. The first kappa shape index (κ1) is 15.8. The number of likely N-dealkylation sites (tertiary alicyclic amines) is 1. The van der Waals surface area contributed by atoms with Gasteiger partial charge in [0.15, 0.2) is 0 Å². The Hall–Kier alpha value is -2.40. The quantitative estimate of drug-likeness (QED) is 0.782. The van der Waals surface area contributed by atoms with Gasteiger partial charge in [-0.15, -0.1) is 0 Å². The van der Waals surface area contributed by atoms with E-state index in [1.54, 1.807) is 6.07 Å². The van der Waals surface area contributed by atoms with Crippen molar-refractivity contribution in [3.05, 3.63) is 65.5 Å². The van der Waals surface area contributed by atoms with E-state index in [0.717, 1.165) is 43.0 Å². The summed E-state index contributed by atoms with van der Waals surface area (Å²) < 4.78 is 20.9. The lowest BCUT2D eigenvalue weighted by Gasteiger charge is -2.50. The fourth-order valence-electron chi connectivity index (χ4n) is 4.39. The summed E-state index contributed by atoms with van der Waals surface area (Å²) in [5.41, 5.74) is 2.12. The van der Waals surface area contributed by atoms with Crippen molar-refractivity contribution >= 4 is 5.71 Å². The average molecular weight is 351 g/mol. The number of rotatable bonds is 1. The van der Waals surface area contributed by atoms with Crippen molar-refractivity contribution in [1.29, 1.82) is 0 Å². The fraction of sp³-hybridized carbons (Fsp3) is 0.381. The molecule has 3 aliphatic heterocycles. The first-order chi connectivity index (χ1) is 12.7. The van der Waals surface area contributed by atoms with Crippen LogP contribution >= 0.6 is 0 Å². The van der Waals surface area contributed by atoms with Crippen LogP contribution in [0.25, 0.3) is 0 Å². The maximum absolute atomic E-state index is 14.4. The molecule has 0 aliphatic carbocycles. The summed E-state index contributed by atoms with van der Waals surface area (Å²) in [5, 5.41) is 7.04. The number of fused-ring (bicyclic) bond motifs is 4. The van der Waals surface area contributed by atoms with Gasteiger partial charge in [-0.05, 0) is 19.2 Å². The minimum absolute atomic E-state index is 0.109. The molecule has 0 aromatic heterocycles. The predicted molar refractivity (Wildman–Crippen MR) is 98.7 cm³/mol. The summed E-state index contributed by atoms with van der Waals surface area (Å²) in [6, 6.07) is 15.2. The molecule has 134 valence electrons. The smallest absolute Gasteiger partial charge is 0.200 e. The Labute approximate surface area is 152 Å². The van der Waals surface area contributed by atoms with Gasteiger partial charge in [-0.3, -0.25) is 0 Å². The Morgan fingerprint density at radius 2 is 1.81 bits per heavy atom. The summed E-state index contributed by atoms with van der Waals surface area (Å²) in [6.45, 7) is 1.94. The van der Waals surface area contributed by atoms with Crippen molar-refractivity contribution in [3.8, 4) is 5.75 Å². The number of hydrazone groups is 1. The SMILES string of the molecule is CN1CCC2(CC1)Oc1ccccc1[C@@H]1CC(c3ccccc3F)=NN12. The van der Waals surface area contributed by atoms with Crippen LogP contribution in [0.4, 0.5) is 4.39 Å². The van der Waals surface area contributed by atoms with Gasteiger partial charge in [0.2, 0.25) is 5.72 Å². The van der Waals surface area contributed by atoms with E-state index < -0.39 is 5.72 Å². The molecule has 3 aliphatic rings. The highest BCUT2D eigenvalue weighted by atomic mass is 19.1. The van der Waals surface area contributed by atoms with Crippen LogP contribution in [-0.4, -0.2) is 41.5 Å². The molecule has 1 saturated heterocycles. The molecule has 1 atom stereocenters. The maximum Gasteiger partial charge on any atom is 0.200 e. The number of benzene rings is 2. The van der Waals surface area contributed by atoms with E-state index in [-0.39, 0.29) is 11.9 Å². The zero-order valence-electron chi connectivity index (χ0n) is 14.9. The van der Waals surface area contributed by atoms with Crippen molar-refractivity contribution in [3.63, 3.8) is 0 Å². The number of ether oxygens (including phenoxy) is 1. The lowest BCUT2D eigenvalue weighted by molar-refractivity contribution is -0.147. The summed E-state index contributed by atoms with van der Waals surface area (Å²) in [4.78, 5) is 2.32. The van der Waals surface area contributed by atoms with E-state index in [9.17, 15) is 4.39 Å². The summed E-state index contributed by atoms with van der Waals surface area (Å²) in [7, 11) is 2.14. The first-order valence-electron chi connectivity index (χ1n) is 9.24. The van der Waals surface area contributed by atoms with Crippen LogP contribution in [0, 0.1) is 5.82 Å². The second kappa shape index (κ2) is 5.81. The number of piperidine rings is 1. The number of hydrogen-bond donors (Lipinski definition) is 0. The third-order valence-electron chi connectivity index (χ3n) is 5.86. The van der Waals surface area contributed by atoms with Gasteiger partial charge in [0, 0.05) is 43.5 Å². The van der Waals surface area contributed by atoms with E-state index in [2.05, 4.69) is 23.0 Å². The first-order valence-corrected chi connectivity index (χ1v) is 9.24. The minimum Gasteiger partial charge on any atom is -0.466 e. The molecule has 4 nitrogen and oxygen atoms in total. The maximum atomic E-state index is 14.4. The Balaban J connectivity index is 1.60. The van der Waals surface area contributed by atoms with Crippen LogP contribution in [-0.2, 0) is 0 Å². The van der Waals surface area contributed by atoms with Crippen molar-refractivity contribution < 1.29 is 9.13 Å². The number of para-hydroxylation sites is 1. The van der Waals surface area contributed by atoms with E-state index in [1.165, 1.54) is 6.07 Å². The van der Waals surface area contributed by atoms with E-state index >= 15 is 0 Å². The second-order valence-corrected chi connectivity index (χ2v) is 7.48. The Kier molecular flexibility index (Phi) is 3.54. The van der Waals surface area contributed by atoms with Crippen LogP contribution in [0.3, 0.4) is 0 Å². The summed E-state index contributed by atoms with van der Waals surface area (Å²) >= 11 is 0. The molecule has 2 aromatic carbocycles. The average Bonchev–Trinajstić information content (AvgIpc) is 3.11. The molecule has 1 fully saturated rings. The molecule has 3 heterocycles. The van der Waals surface area contributed by atoms with Crippen molar-refractivity contribution in [1.82, 2.24) is 9.91 Å². The van der Waals surface area contributed by atoms with Crippen LogP contribution in [0.2, 0.25) is 0 Å². The molecule has 0 amide bonds. The van der Waals surface area contributed by atoms with Crippen LogP contribution < -0.4 is 4.74 Å². The molecular weight excluding hydrogens is 329 g/mol. The number of nitrogens with zero attached hydrogens (tertiary/aromatic N) is 3. The molecule has 2 aromatic rings. The molecule has 0 radical (unpaired) electrons. The van der Waals surface area contributed by atoms with E-state index in [4.69, 9.17) is 9.84 Å². The molecule has 0 unspecified atom stereocenters. The van der Waals surface area contributed by atoms with Crippen LogP contribution in [0.1, 0.15) is 36.4 Å². The number of halogens is 1. The minimum atomic E-state index is -0.432. The predicted octanol–water partition coefficient (Wildman–Crippen LogP) is 3.79. The van der Waals surface area contributed by atoms with Crippen molar-refractivity contribution in [2.24, 2.45) is 5.10 Å². The molecular formula is C21H22FN3O. The van der Waals surface area contributed by atoms with Gasteiger partial charge in [-0.1, -0.05) is 36.4 Å². The molecule has 0 N–H and O–H groups in total. The molecule has 0 saturated carbocycles. The molecule has 1 spiro atoms. The van der Waals surface area contributed by atoms with Gasteiger partial charge in [0.1, 0.15) is 11.6 Å². The Morgan fingerprint density at radius 3 is 2.62 bits per heavy atom. The number of hydrogen-bond acceptors (Lipinski definition) is 4. The van der Waals surface area contributed by atoms with Gasteiger partial charge < -0.3 is 9.64 Å². The third-order valence-corrected chi connectivity index (χ3v) is 5.86. The van der Waals surface area contributed by atoms with E-state index in [1.807, 2.05) is 30.3 Å².